The molecule has 1 aliphatic heterocycles. The minimum atomic E-state index is -0.897. The van der Waals surface area contributed by atoms with Gasteiger partial charge in [0.2, 0.25) is 11.8 Å². The number of carbonyl (C=O) groups excluding carboxylic acids is 2. The standard InChI is InChI=1S/C19H29N5O6/c1-13-11-22(18(26)27)12-14(2)23(13)8-9-30-17-5-4-15(10-21-17)24(19(28)29-3)7-6-16(20)25/h4-5,10,13-14H,6-9,11-12H2,1-3H3,(H2,20,25)(H,26,27)/t13-,14?/m1/s1. The maximum absolute atomic E-state index is 11.9. The third-order valence-electron chi connectivity index (χ3n) is 4.98. The Bertz CT molecular complexity index is 731. The summed E-state index contributed by atoms with van der Waals surface area (Å²) in [7, 11) is 1.25. The van der Waals surface area contributed by atoms with Crippen molar-refractivity contribution in [2.24, 2.45) is 5.73 Å². The van der Waals surface area contributed by atoms with Gasteiger partial charge < -0.3 is 25.2 Å². The minimum absolute atomic E-state index is 0.00113. The van der Waals surface area contributed by atoms with Crippen LogP contribution >= 0.6 is 0 Å². The highest BCUT2D eigenvalue weighted by molar-refractivity contribution is 5.88. The zero-order chi connectivity index (χ0) is 22.3. The van der Waals surface area contributed by atoms with Crippen LogP contribution in [-0.2, 0) is 9.53 Å². The van der Waals surface area contributed by atoms with E-state index in [9.17, 15) is 19.5 Å². The zero-order valence-electron chi connectivity index (χ0n) is 17.5. The summed E-state index contributed by atoms with van der Waals surface area (Å²) in [5.74, 6) is -0.132. The molecule has 0 aromatic carbocycles. The molecule has 1 aromatic rings. The second-order valence-electron chi connectivity index (χ2n) is 7.16. The molecule has 0 radical (unpaired) electrons. The number of carboxylic acid groups (broad SMARTS) is 1. The maximum Gasteiger partial charge on any atom is 0.414 e. The van der Waals surface area contributed by atoms with Gasteiger partial charge in [-0.1, -0.05) is 0 Å². The molecule has 2 atom stereocenters. The molecule has 3 amide bonds. The van der Waals surface area contributed by atoms with Crippen LogP contribution in [0.2, 0.25) is 0 Å². The number of pyridine rings is 1. The first-order valence-corrected chi connectivity index (χ1v) is 9.69. The molecule has 2 rings (SSSR count). The average molecular weight is 423 g/mol. The molecule has 166 valence electrons. The van der Waals surface area contributed by atoms with Gasteiger partial charge in [0.1, 0.15) is 6.61 Å². The van der Waals surface area contributed by atoms with E-state index in [1.54, 1.807) is 12.1 Å². The maximum atomic E-state index is 11.9. The molecule has 1 unspecified atom stereocenters. The van der Waals surface area contributed by atoms with Gasteiger partial charge in [-0.05, 0) is 19.9 Å². The summed E-state index contributed by atoms with van der Waals surface area (Å²) in [6, 6.07) is 3.45. The molecule has 0 saturated carbocycles. The van der Waals surface area contributed by atoms with Gasteiger partial charge in [-0.15, -0.1) is 0 Å². The molecule has 3 N–H and O–H groups in total. The summed E-state index contributed by atoms with van der Waals surface area (Å²) in [4.78, 5) is 43.2. The highest BCUT2D eigenvalue weighted by Crippen LogP contribution is 2.19. The molecule has 30 heavy (non-hydrogen) atoms. The highest BCUT2D eigenvalue weighted by atomic mass is 16.5. The first-order valence-electron chi connectivity index (χ1n) is 9.69. The molecule has 1 fully saturated rings. The molecule has 2 heterocycles. The van der Waals surface area contributed by atoms with Crippen LogP contribution in [0.4, 0.5) is 15.3 Å². The summed E-state index contributed by atoms with van der Waals surface area (Å²) in [5.41, 5.74) is 5.61. The second-order valence-corrected chi connectivity index (χ2v) is 7.16. The van der Waals surface area contributed by atoms with Crippen molar-refractivity contribution in [2.75, 3.05) is 44.8 Å². The number of anilines is 1. The predicted molar refractivity (Wildman–Crippen MR) is 109 cm³/mol. The van der Waals surface area contributed by atoms with Gasteiger partial charge in [-0.2, -0.15) is 0 Å². The molecule has 1 aromatic heterocycles. The Kier molecular flexibility index (Phi) is 8.22. The van der Waals surface area contributed by atoms with Gasteiger partial charge in [-0.3, -0.25) is 14.6 Å². The molecule has 11 nitrogen and oxygen atoms in total. The SMILES string of the molecule is COC(=O)N(CCC(N)=O)c1ccc(OCCN2C(C)CN(C(=O)O)C[C@H]2C)nc1. The van der Waals surface area contributed by atoms with Crippen LogP contribution in [0.25, 0.3) is 0 Å². The van der Waals surface area contributed by atoms with Crippen LogP contribution in [0.15, 0.2) is 18.3 Å². The predicted octanol–water partition coefficient (Wildman–Crippen LogP) is 0.981. The van der Waals surface area contributed by atoms with E-state index in [0.717, 1.165) is 0 Å². The molecule has 1 aliphatic rings. The average Bonchev–Trinajstić information content (AvgIpc) is 2.70. The highest BCUT2D eigenvalue weighted by Gasteiger charge is 2.31. The number of hydrogen-bond donors (Lipinski definition) is 2. The Morgan fingerprint density at radius 3 is 2.43 bits per heavy atom. The van der Waals surface area contributed by atoms with Crippen molar-refractivity contribution < 1.29 is 29.0 Å². The Balaban J connectivity index is 1.90. The van der Waals surface area contributed by atoms with Crippen molar-refractivity contribution in [3.05, 3.63) is 18.3 Å². The summed E-state index contributed by atoms with van der Waals surface area (Å²) in [5, 5.41) is 9.18. The third-order valence-corrected chi connectivity index (χ3v) is 4.98. The number of piperazine rings is 1. The second kappa shape index (κ2) is 10.6. The van der Waals surface area contributed by atoms with Crippen LogP contribution < -0.4 is 15.4 Å². The molecule has 0 bridgehead atoms. The number of hydrogen-bond acceptors (Lipinski definition) is 7. The van der Waals surface area contributed by atoms with E-state index in [-0.39, 0.29) is 25.0 Å². The summed E-state index contributed by atoms with van der Waals surface area (Å²) in [6.45, 7) is 6.01. The van der Waals surface area contributed by atoms with Gasteiger partial charge in [0.05, 0.1) is 19.0 Å². The topological polar surface area (TPSA) is 139 Å². The first-order chi connectivity index (χ1) is 14.2. The van der Waals surface area contributed by atoms with Gasteiger partial charge in [-0.25, -0.2) is 14.6 Å². The smallest absolute Gasteiger partial charge is 0.414 e. The van der Waals surface area contributed by atoms with Crippen molar-refractivity contribution >= 4 is 23.8 Å². The Morgan fingerprint density at radius 1 is 1.27 bits per heavy atom. The molecular formula is C19H29N5O6. The molecule has 0 spiro atoms. The Labute approximate surface area is 175 Å². The van der Waals surface area contributed by atoms with E-state index >= 15 is 0 Å². The number of ether oxygens (including phenoxy) is 2. The van der Waals surface area contributed by atoms with Crippen molar-refractivity contribution in [1.29, 1.82) is 0 Å². The van der Waals surface area contributed by atoms with Gasteiger partial charge >= 0.3 is 12.2 Å². The lowest BCUT2D eigenvalue weighted by Gasteiger charge is -2.43. The number of amides is 3. The van der Waals surface area contributed by atoms with Crippen LogP contribution in [0.3, 0.4) is 0 Å². The van der Waals surface area contributed by atoms with Crippen LogP contribution in [0.1, 0.15) is 20.3 Å². The van der Waals surface area contributed by atoms with Crippen molar-refractivity contribution in [2.45, 2.75) is 32.4 Å². The number of methoxy groups -OCH3 is 1. The van der Waals surface area contributed by atoms with Crippen molar-refractivity contribution in [1.82, 2.24) is 14.8 Å². The lowest BCUT2D eigenvalue weighted by Crippen LogP contribution is -2.58. The van der Waals surface area contributed by atoms with E-state index in [1.807, 2.05) is 13.8 Å². The molecular weight excluding hydrogens is 394 g/mol. The normalized spacial score (nSPS) is 19.2. The number of carbonyl (C=O) groups is 3. The first kappa shape index (κ1) is 23.2. The van der Waals surface area contributed by atoms with E-state index < -0.39 is 18.1 Å². The summed E-state index contributed by atoms with van der Waals surface area (Å²) >= 11 is 0. The van der Waals surface area contributed by atoms with E-state index in [2.05, 4.69) is 9.88 Å². The van der Waals surface area contributed by atoms with Crippen molar-refractivity contribution in [3.63, 3.8) is 0 Å². The summed E-state index contributed by atoms with van der Waals surface area (Å²) < 4.78 is 10.4. The van der Waals surface area contributed by atoms with Crippen LogP contribution in [0, 0.1) is 0 Å². The lowest BCUT2D eigenvalue weighted by atomic mass is 10.1. The quantitative estimate of drug-likeness (QED) is 0.631. The third kappa shape index (κ3) is 6.21. The van der Waals surface area contributed by atoms with Gasteiger partial charge in [0, 0.05) is 50.7 Å². The Hall–Kier alpha value is -3.08. The Morgan fingerprint density at radius 2 is 1.93 bits per heavy atom. The zero-order valence-corrected chi connectivity index (χ0v) is 17.5. The monoisotopic (exact) mass is 423 g/mol. The summed E-state index contributed by atoms with van der Waals surface area (Å²) in [6.07, 6.45) is -0.0517. The fraction of sp³-hybridized carbons (Fsp3) is 0.579. The number of rotatable bonds is 8. The fourth-order valence-electron chi connectivity index (χ4n) is 3.48. The van der Waals surface area contributed by atoms with Crippen molar-refractivity contribution in [3.8, 4) is 5.88 Å². The molecule has 1 saturated heterocycles. The molecule has 11 heteroatoms. The van der Waals surface area contributed by atoms with Crippen LogP contribution in [-0.4, -0.2) is 90.0 Å². The van der Waals surface area contributed by atoms with Gasteiger partial charge in [0.25, 0.3) is 0 Å². The lowest BCUT2D eigenvalue weighted by molar-refractivity contribution is -0.117. The largest absolute Gasteiger partial charge is 0.476 e. The number of aromatic nitrogens is 1. The fourth-order valence-corrected chi connectivity index (χ4v) is 3.48. The number of nitrogens with zero attached hydrogens (tertiary/aromatic N) is 4. The number of nitrogens with two attached hydrogens (primary N) is 1. The van der Waals surface area contributed by atoms with E-state index in [4.69, 9.17) is 15.2 Å². The van der Waals surface area contributed by atoms with Crippen LogP contribution in [0.5, 0.6) is 5.88 Å². The number of primary amides is 1. The van der Waals surface area contributed by atoms with E-state index in [1.165, 1.54) is 23.1 Å². The minimum Gasteiger partial charge on any atom is -0.476 e. The molecule has 0 aliphatic carbocycles. The van der Waals surface area contributed by atoms with E-state index in [0.29, 0.717) is 37.8 Å². The van der Waals surface area contributed by atoms with Gasteiger partial charge in [0.15, 0.2) is 0 Å².